The highest BCUT2D eigenvalue weighted by Crippen LogP contribution is 2.26. The van der Waals surface area contributed by atoms with Crippen LogP contribution in [0.15, 0.2) is 24.5 Å². The second-order valence-electron chi connectivity index (χ2n) is 6.65. The van der Waals surface area contributed by atoms with Crippen molar-refractivity contribution in [2.75, 3.05) is 18.0 Å². The van der Waals surface area contributed by atoms with Crippen LogP contribution in [0, 0.1) is 5.92 Å². The number of pyridine rings is 1. The van der Waals surface area contributed by atoms with Crippen LogP contribution in [0.2, 0.25) is 0 Å². The van der Waals surface area contributed by atoms with E-state index < -0.39 is 17.9 Å². The van der Waals surface area contributed by atoms with Crippen LogP contribution in [0.1, 0.15) is 33.6 Å². The average Bonchev–Trinajstić information content (AvgIpc) is 2.44. The molecule has 0 aromatic carbocycles. The van der Waals surface area contributed by atoms with Crippen molar-refractivity contribution in [2.24, 2.45) is 5.92 Å². The van der Waals surface area contributed by atoms with Gasteiger partial charge in [-0.15, -0.1) is 0 Å². The molecule has 1 saturated heterocycles. The summed E-state index contributed by atoms with van der Waals surface area (Å²) in [5.74, 6) is 0.251. The van der Waals surface area contributed by atoms with Crippen molar-refractivity contribution in [1.82, 2.24) is 10.3 Å². The summed E-state index contributed by atoms with van der Waals surface area (Å²) in [6.07, 6.45) is 4.03. The van der Waals surface area contributed by atoms with Crippen LogP contribution in [0.3, 0.4) is 0 Å². The number of piperidine rings is 1. The van der Waals surface area contributed by atoms with Crippen LogP contribution in [0.25, 0.3) is 0 Å². The molecule has 22 heavy (non-hydrogen) atoms. The Labute approximate surface area is 131 Å². The lowest BCUT2D eigenvalue weighted by Crippen LogP contribution is -2.45. The van der Waals surface area contributed by atoms with E-state index in [4.69, 9.17) is 4.74 Å². The summed E-state index contributed by atoms with van der Waals surface area (Å²) < 4.78 is 5.22. The second kappa shape index (κ2) is 6.96. The van der Waals surface area contributed by atoms with E-state index in [1.165, 1.54) is 0 Å². The zero-order valence-corrected chi connectivity index (χ0v) is 13.5. The number of carbonyl (C=O) groups excluding carboxylic acids is 1. The summed E-state index contributed by atoms with van der Waals surface area (Å²) in [6.45, 7) is 6.79. The SMILES string of the molecule is CC(C)(C)OC(=O)NCC1CCN(c2ccncc2)C(O)C1. The van der Waals surface area contributed by atoms with Gasteiger partial charge in [0.15, 0.2) is 0 Å². The lowest BCUT2D eigenvalue weighted by atomic mass is 9.95. The maximum atomic E-state index is 11.7. The van der Waals surface area contributed by atoms with Gasteiger partial charge >= 0.3 is 6.09 Å². The molecule has 1 aliphatic rings. The van der Waals surface area contributed by atoms with E-state index >= 15 is 0 Å². The van der Waals surface area contributed by atoms with E-state index in [1.807, 2.05) is 37.8 Å². The van der Waals surface area contributed by atoms with Gasteiger partial charge in [-0.1, -0.05) is 0 Å². The van der Waals surface area contributed by atoms with Gasteiger partial charge in [0.1, 0.15) is 11.8 Å². The van der Waals surface area contributed by atoms with Crippen molar-refractivity contribution < 1.29 is 14.6 Å². The predicted molar refractivity (Wildman–Crippen MR) is 84.6 cm³/mol. The third kappa shape index (κ3) is 4.87. The lowest BCUT2D eigenvalue weighted by Gasteiger charge is -2.38. The van der Waals surface area contributed by atoms with E-state index in [1.54, 1.807) is 12.4 Å². The minimum atomic E-state index is -0.540. The van der Waals surface area contributed by atoms with Gasteiger partial charge in [0.2, 0.25) is 0 Å². The number of alkyl carbamates (subject to hydrolysis) is 1. The molecule has 2 rings (SSSR count). The number of rotatable bonds is 3. The number of nitrogens with one attached hydrogen (secondary N) is 1. The Morgan fingerprint density at radius 2 is 2.14 bits per heavy atom. The normalized spacial score (nSPS) is 22.3. The Balaban J connectivity index is 1.80. The fourth-order valence-electron chi connectivity index (χ4n) is 2.58. The third-order valence-corrected chi connectivity index (χ3v) is 3.61. The Morgan fingerprint density at radius 3 is 2.73 bits per heavy atom. The fraction of sp³-hybridized carbons (Fsp3) is 0.625. The molecular weight excluding hydrogens is 282 g/mol. The van der Waals surface area contributed by atoms with Crippen LogP contribution in [0.5, 0.6) is 0 Å². The van der Waals surface area contributed by atoms with E-state index in [2.05, 4.69) is 10.3 Å². The van der Waals surface area contributed by atoms with E-state index in [0.717, 1.165) is 18.7 Å². The molecule has 2 N–H and O–H groups in total. The number of amides is 1. The minimum absolute atomic E-state index is 0.251. The molecule has 6 heteroatoms. The van der Waals surface area contributed by atoms with Gasteiger partial charge in [-0.25, -0.2) is 4.79 Å². The molecule has 0 saturated carbocycles. The number of carbonyl (C=O) groups is 1. The van der Waals surface area contributed by atoms with Gasteiger partial charge in [0.25, 0.3) is 0 Å². The van der Waals surface area contributed by atoms with Crippen LogP contribution in [-0.2, 0) is 4.74 Å². The molecule has 0 spiro atoms. The molecule has 0 bridgehead atoms. The lowest BCUT2D eigenvalue weighted by molar-refractivity contribution is 0.0498. The standard InChI is InChI=1S/C16H25N3O3/c1-16(2,3)22-15(21)18-11-12-6-9-19(14(20)10-12)13-4-7-17-8-5-13/h4-5,7-8,12,14,20H,6,9-11H2,1-3H3,(H,18,21). The minimum Gasteiger partial charge on any atom is -0.444 e. The molecular formula is C16H25N3O3. The van der Waals surface area contributed by atoms with Crippen molar-refractivity contribution in [1.29, 1.82) is 0 Å². The second-order valence-corrected chi connectivity index (χ2v) is 6.65. The molecule has 1 amide bonds. The highest BCUT2D eigenvalue weighted by atomic mass is 16.6. The Hall–Kier alpha value is -1.82. The topological polar surface area (TPSA) is 74.7 Å². The summed E-state index contributed by atoms with van der Waals surface area (Å²) in [5.41, 5.74) is 0.481. The van der Waals surface area contributed by atoms with Crippen molar-refractivity contribution in [3.63, 3.8) is 0 Å². The van der Waals surface area contributed by atoms with E-state index in [9.17, 15) is 9.90 Å². The first-order chi connectivity index (χ1) is 10.3. The molecule has 0 aliphatic carbocycles. The predicted octanol–water partition coefficient (Wildman–Crippen LogP) is 2.14. The zero-order chi connectivity index (χ0) is 16.2. The van der Waals surface area contributed by atoms with Crippen LogP contribution in [0.4, 0.5) is 10.5 Å². The Kier molecular flexibility index (Phi) is 5.24. The van der Waals surface area contributed by atoms with Crippen LogP contribution >= 0.6 is 0 Å². The van der Waals surface area contributed by atoms with E-state index in [-0.39, 0.29) is 5.92 Å². The Bertz CT molecular complexity index is 487. The van der Waals surface area contributed by atoms with Gasteiger partial charge in [0.05, 0.1) is 0 Å². The summed E-state index contributed by atoms with van der Waals surface area (Å²) in [7, 11) is 0. The summed E-state index contributed by atoms with van der Waals surface area (Å²) in [6, 6.07) is 3.78. The number of anilines is 1. The molecule has 6 nitrogen and oxygen atoms in total. The largest absolute Gasteiger partial charge is 0.444 e. The smallest absolute Gasteiger partial charge is 0.407 e. The average molecular weight is 307 g/mol. The summed E-state index contributed by atoms with van der Waals surface area (Å²) in [4.78, 5) is 17.6. The van der Waals surface area contributed by atoms with Crippen molar-refractivity contribution in [2.45, 2.75) is 45.4 Å². The number of hydrogen-bond donors (Lipinski definition) is 2. The summed E-state index contributed by atoms with van der Waals surface area (Å²) >= 11 is 0. The van der Waals surface area contributed by atoms with Gasteiger partial charge in [-0.3, -0.25) is 4.98 Å². The highest BCUT2D eigenvalue weighted by Gasteiger charge is 2.27. The highest BCUT2D eigenvalue weighted by molar-refractivity contribution is 5.67. The number of aliphatic hydroxyl groups is 1. The maximum absolute atomic E-state index is 11.7. The van der Waals surface area contributed by atoms with Gasteiger partial charge in [0, 0.05) is 31.2 Å². The van der Waals surface area contributed by atoms with Gasteiger partial charge in [-0.05, 0) is 51.7 Å². The first-order valence-electron chi connectivity index (χ1n) is 7.67. The fourth-order valence-corrected chi connectivity index (χ4v) is 2.58. The molecule has 1 aromatic rings. The Morgan fingerprint density at radius 1 is 1.45 bits per heavy atom. The number of aliphatic hydroxyl groups excluding tert-OH is 1. The molecule has 2 atom stereocenters. The van der Waals surface area contributed by atoms with E-state index in [0.29, 0.717) is 13.0 Å². The van der Waals surface area contributed by atoms with Crippen LogP contribution < -0.4 is 10.2 Å². The number of hydrogen-bond acceptors (Lipinski definition) is 5. The molecule has 1 aromatic heterocycles. The summed E-state index contributed by atoms with van der Waals surface area (Å²) in [5, 5.41) is 13.1. The maximum Gasteiger partial charge on any atom is 0.407 e. The molecule has 2 heterocycles. The third-order valence-electron chi connectivity index (χ3n) is 3.61. The number of aromatic nitrogens is 1. The number of ether oxygens (including phenoxy) is 1. The molecule has 122 valence electrons. The van der Waals surface area contributed by atoms with Crippen LogP contribution in [-0.4, -0.2) is 41.1 Å². The number of nitrogens with zero attached hydrogens (tertiary/aromatic N) is 2. The van der Waals surface area contributed by atoms with Crippen molar-refractivity contribution >= 4 is 11.8 Å². The molecule has 1 aliphatic heterocycles. The van der Waals surface area contributed by atoms with Crippen molar-refractivity contribution in [3.05, 3.63) is 24.5 Å². The van der Waals surface area contributed by atoms with Gasteiger partial charge in [-0.2, -0.15) is 0 Å². The quantitative estimate of drug-likeness (QED) is 0.895. The first-order valence-corrected chi connectivity index (χ1v) is 7.67. The first kappa shape index (κ1) is 16.5. The molecule has 1 fully saturated rings. The molecule has 0 radical (unpaired) electrons. The van der Waals surface area contributed by atoms with Gasteiger partial charge < -0.3 is 20.1 Å². The zero-order valence-electron chi connectivity index (χ0n) is 13.5. The van der Waals surface area contributed by atoms with Crippen molar-refractivity contribution in [3.8, 4) is 0 Å². The monoisotopic (exact) mass is 307 g/mol. The molecule has 2 unspecified atom stereocenters.